The molecule has 1 atom stereocenters. The second-order valence-electron chi connectivity index (χ2n) is 8.25. The number of carbonyl (C=O) groups excluding carboxylic acids is 4. The average Bonchev–Trinajstić information content (AvgIpc) is 3.14. The number of anilines is 2. The minimum absolute atomic E-state index is 0.136. The third-order valence-corrected chi connectivity index (χ3v) is 6.14. The molecular formula is C26H22N4O4. The summed E-state index contributed by atoms with van der Waals surface area (Å²) in [6.45, 7) is 0.310. The molecule has 0 aliphatic carbocycles. The lowest BCUT2D eigenvalue weighted by atomic mass is 10.0. The molecule has 0 saturated heterocycles. The van der Waals surface area contributed by atoms with Gasteiger partial charge in [-0.1, -0.05) is 30.3 Å². The van der Waals surface area contributed by atoms with Gasteiger partial charge in [0.2, 0.25) is 11.8 Å². The van der Waals surface area contributed by atoms with Crippen LogP contribution in [0.2, 0.25) is 0 Å². The first-order chi connectivity index (χ1) is 16.5. The molecule has 2 aliphatic rings. The maximum Gasteiger partial charge on any atom is 0.260 e. The molecule has 2 heterocycles. The zero-order valence-electron chi connectivity index (χ0n) is 18.2. The first-order valence-corrected chi connectivity index (χ1v) is 11.0. The highest BCUT2D eigenvalue weighted by atomic mass is 16.2. The Labute approximate surface area is 196 Å². The van der Waals surface area contributed by atoms with Crippen LogP contribution >= 0.6 is 0 Å². The van der Waals surface area contributed by atoms with Gasteiger partial charge in [0.25, 0.3) is 11.8 Å². The van der Waals surface area contributed by atoms with Crippen LogP contribution < -0.4 is 16.0 Å². The van der Waals surface area contributed by atoms with Gasteiger partial charge in [-0.25, -0.2) is 0 Å². The summed E-state index contributed by atoms with van der Waals surface area (Å²) in [7, 11) is 0. The largest absolute Gasteiger partial charge is 0.366 e. The number of nitrogens with zero attached hydrogens (tertiary/aromatic N) is 2. The van der Waals surface area contributed by atoms with E-state index >= 15 is 0 Å². The van der Waals surface area contributed by atoms with Crippen molar-refractivity contribution in [3.63, 3.8) is 0 Å². The van der Waals surface area contributed by atoms with Crippen LogP contribution in [0.3, 0.4) is 0 Å². The Bertz CT molecular complexity index is 1320. The van der Waals surface area contributed by atoms with Crippen molar-refractivity contribution in [1.82, 2.24) is 4.90 Å². The van der Waals surface area contributed by atoms with Gasteiger partial charge < -0.3 is 16.0 Å². The fourth-order valence-electron chi connectivity index (χ4n) is 4.55. The monoisotopic (exact) mass is 454 g/mol. The van der Waals surface area contributed by atoms with E-state index in [0.717, 1.165) is 5.56 Å². The quantitative estimate of drug-likeness (QED) is 0.595. The molecule has 0 bridgehead atoms. The second-order valence-corrected chi connectivity index (χ2v) is 8.25. The van der Waals surface area contributed by atoms with E-state index in [4.69, 9.17) is 5.73 Å². The maximum absolute atomic E-state index is 13.4. The Balaban J connectivity index is 1.32. The van der Waals surface area contributed by atoms with Gasteiger partial charge in [0.15, 0.2) is 0 Å². The standard InChI is InChI=1S/C26H22N4O4/c27-23(32)16-11-13-17(14-12-16)28-22(31)10-5-15-29-24-18-6-1-2-7-19(18)26(34)30(24)21-9-4-3-8-20(21)25(29)33/h1-4,6-9,11-14,24H,5,10,15H2,(H2,27,32)(H,28,31)/t24-/m1/s1. The molecular weight excluding hydrogens is 432 g/mol. The van der Waals surface area contributed by atoms with E-state index in [1.807, 2.05) is 24.3 Å². The van der Waals surface area contributed by atoms with Crippen molar-refractivity contribution in [3.8, 4) is 0 Å². The van der Waals surface area contributed by atoms with Gasteiger partial charge in [-0.3, -0.25) is 24.1 Å². The van der Waals surface area contributed by atoms with Crippen LogP contribution in [0.25, 0.3) is 0 Å². The van der Waals surface area contributed by atoms with E-state index in [9.17, 15) is 19.2 Å². The summed E-state index contributed by atoms with van der Waals surface area (Å²) in [5, 5.41) is 2.78. The first-order valence-electron chi connectivity index (χ1n) is 11.0. The molecule has 0 unspecified atom stereocenters. The normalized spacial score (nSPS) is 16.1. The number of nitrogens with one attached hydrogen (secondary N) is 1. The molecule has 34 heavy (non-hydrogen) atoms. The predicted octanol–water partition coefficient (Wildman–Crippen LogP) is 3.32. The molecule has 0 spiro atoms. The number of primary amides is 1. The summed E-state index contributed by atoms with van der Waals surface area (Å²) in [6.07, 6.45) is 0.0704. The lowest BCUT2D eigenvalue weighted by Gasteiger charge is -2.41. The van der Waals surface area contributed by atoms with Gasteiger partial charge in [-0.2, -0.15) is 0 Å². The summed E-state index contributed by atoms with van der Waals surface area (Å²) in [6, 6.07) is 20.7. The molecule has 3 aromatic carbocycles. The van der Waals surface area contributed by atoms with Crippen molar-refractivity contribution < 1.29 is 19.2 Å². The topological polar surface area (TPSA) is 113 Å². The van der Waals surface area contributed by atoms with Crippen LogP contribution in [-0.4, -0.2) is 35.1 Å². The van der Waals surface area contributed by atoms with E-state index in [1.54, 1.807) is 58.3 Å². The minimum Gasteiger partial charge on any atom is -0.366 e. The molecule has 170 valence electrons. The molecule has 8 heteroatoms. The zero-order valence-corrected chi connectivity index (χ0v) is 18.2. The minimum atomic E-state index is -0.535. The molecule has 2 aliphatic heterocycles. The van der Waals surface area contributed by atoms with E-state index in [1.165, 1.54) is 0 Å². The number of benzene rings is 3. The Morgan fingerprint density at radius 2 is 1.53 bits per heavy atom. The maximum atomic E-state index is 13.4. The predicted molar refractivity (Wildman–Crippen MR) is 126 cm³/mol. The van der Waals surface area contributed by atoms with E-state index in [2.05, 4.69) is 5.32 Å². The number of hydrogen-bond donors (Lipinski definition) is 2. The number of amides is 4. The molecule has 0 radical (unpaired) electrons. The Hall–Kier alpha value is -4.46. The lowest BCUT2D eigenvalue weighted by Crippen LogP contribution is -2.48. The van der Waals surface area contributed by atoms with Crippen LogP contribution in [0.5, 0.6) is 0 Å². The summed E-state index contributed by atoms with van der Waals surface area (Å²) < 4.78 is 0. The Morgan fingerprint density at radius 3 is 2.26 bits per heavy atom. The number of fused-ring (bicyclic) bond motifs is 5. The average molecular weight is 454 g/mol. The SMILES string of the molecule is NC(=O)c1ccc(NC(=O)CCCN2C(=O)c3ccccc3N3C(=O)c4ccccc4[C@H]23)cc1. The number of carbonyl (C=O) groups is 4. The molecule has 4 amide bonds. The third kappa shape index (κ3) is 3.59. The van der Waals surface area contributed by atoms with Crippen molar-refractivity contribution in [2.75, 3.05) is 16.8 Å². The summed E-state index contributed by atoms with van der Waals surface area (Å²) in [4.78, 5) is 53.6. The summed E-state index contributed by atoms with van der Waals surface area (Å²) in [5.74, 6) is -1.05. The van der Waals surface area contributed by atoms with Crippen LogP contribution in [0.1, 0.15) is 55.6 Å². The van der Waals surface area contributed by atoms with Crippen molar-refractivity contribution in [2.45, 2.75) is 19.0 Å². The van der Waals surface area contributed by atoms with Crippen LogP contribution in [0, 0.1) is 0 Å². The zero-order chi connectivity index (χ0) is 23.8. The van der Waals surface area contributed by atoms with Gasteiger partial charge in [0, 0.05) is 35.3 Å². The number of nitrogens with two attached hydrogens (primary N) is 1. The third-order valence-electron chi connectivity index (χ3n) is 6.14. The molecule has 0 aromatic heterocycles. The highest BCUT2D eigenvalue weighted by Gasteiger charge is 2.47. The van der Waals surface area contributed by atoms with E-state index in [-0.39, 0.29) is 24.1 Å². The molecule has 0 fully saturated rings. The van der Waals surface area contributed by atoms with Gasteiger partial charge >= 0.3 is 0 Å². The van der Waals surface area contributed by atoms with Crippen LogP contribution in [0.15, 0.2) is 72.8 Å². The summed E-state index contributed by atoms with van der Waals surface area (Å²) >= 11 is 0. The van der Waals surface area contributed by atoms with Crippen molar-refractivity contribution in [2.24, 2.45) is 5.73 Å². The van der Waals surface area contributed by atoms with Gasteiger partial charge in [-0.05, 0) is 48.9 Å². The van der Waals surface area contributed by atoms with E-state index < -0.39 is 12.1 Å². The highest BCUT2D eigenvalue weighted by molar-refractivity contribution is 6.16. The second kappa shape index (κ2) is 8.47. The van der Waals surface area contributed by atoms with Gasteiger partial charge in [0.1, 0.15) is 6.17 Å². The van der Waals surface area contributed by atoms with Gasteiger partial charge in [0.05, 0.1) is 11.3 Å². The highest BCUT2D eigenvalue weighted by Crippen LogP contribution is 2.45. The molecule has 3 N–H and O–H groups in total. The smallest absolute Gasteiger partial charge is 0.260 e. The van der Waals surface area contributed by atoms with Crippen molar-refractivity contribution in [3.05, 3.63) is 95.1 Å². The fraction of sp³-hybridized carbons (Fsp3) is 0.154. The lowest BCUT2D eigenvalue weighted by molar-refractivity contribution is -0.116. The fourth-order valence-corrected chi connectivity index (χ4v) is 4.55. The van der Waals surface area contributed by atoms with Crippen LogP contribution in [-0.2, 0) is 4.79 Å². The first kappa shape index (κ1) is 21.4. The number of para-hydroxylation sites is 1. The van der Waals surface area contributed by atoms with Crippen molar-refractivity contribution >= 4 is 35.0 Å². The molecule has 8 nitrogen and oxygen atoms in total. The molecule has 0 saturated carbocycles. The Morgan fingerprint density at radius 1 is 0.853 bits per heavy atom. The van der Waals surface area contributed by atoms with Crippen LogP contribution in [0.4, 0.5) is 11.4 Å². The Kier molecular flexibility index (Phi) is 5.33. The van der Waals surface area contributed by atoms with E-state index in [0.29, 0.717) is 41.0 Å². The van der Waals surface area contributed by atoms with Crippen molar-refractivity contribution in [1.29, 1.82) is 0 Å². The number of rotatable bonds is 6. The van der Waals surface area contributed by atoms with Gasteiger partial charge in [-0.15, -0.1) is 0 Å². The summed E-state index contributed by atoms with van der Waals surface area (Å²) in [5.41, 5.74) is 8.59. The molecule has 5 rings (SSSR count). The number of hydrogen-bond acceptors (Lipinski definition) is 4. The molecule has 3 aromatic rings.